The third-order valence-corrected chi connectivity index (χ3v) is 5.14. The second-order valence-corrected chi connectivity index (χ2v) is 7.51. The molecule has 3 N–H and O–H groups in total. The number of nitrogens with two attached hydrogens (primary N) is 1. The van der Waals surface area contributed by atoms with E-state index in [9.17, 15) is 22.7 Å². The van der Waals surface area contributed by atoms with Gasteiger partial charge in [-0.15, -0.1) is 0 Å². The zero-order valence-corrected chi connectivity index (χ0v) is 13.2. The summed E-state index contributed by atoms with van der Waals surface area (Å²) in [6.45, 7) is 4.04. The van der Waals surface area contributed by atoms with Gasteiger partial charge in [0.25, 0.3) is 5.91 Å². The van der Waals surface area contributed by atoms with Gasteiger partial charge in [0, 0.05) is 19.0 Å². The number of piperidine rings is 1. The van der Waals surface area contributed by atoms with E-state index in [1.165, 1.54) is 4.90 Å². The normalized spacial score (nSPS) is 26.0. The zero-order chi connectivity index (χ0) is 16.7. The van der Waals surface area contributed by atoms with Crippen LogP contribution in [0.25, 0.3) is 0 Å². The summed E-state index contributed by atoms with van der Waals surface area (Å²) in [6.07, 6.45) is 0.371. The van der Waals surface area contributed by atoms with Crippen LogP contribution < -0.4 is 5.14 Å². The highest BCUT2D eigenvalue weighted by atomic mass is 32.2. The van der Waals surface area contributed by atoms with Crippen LogP contribution in [0.5, 0.6) is 0 Å². The van der Waals surface area contributed by atoms with Crippen molar-refractivity contribution in [3.05, 3.63) is 29.6 Å². The molecule has 8 heteroatoms. The van der Waals surface area contributed by atoms with Gasteiger partial charge in [-0.2, -0.15) is 0 Å². The number of nitrogens with zero attached hydrogens (tertiary/aromatic N) is 1. The van der Waals surface area contributed by atoms with Gasteiger partial charge in [0.1, 0.15) is 5.82 Å². The number of likely N-dealkylation sites (tertiary alicyclic amines) is 1. The molecule has 22 heavy (non-hydrogen) atoms. The molecule has 1 aliphatic rings. The first-order valence-corrected chi connectivity index (χ1v) is 8.41. The maximum absolute atomic E-state index is 13.9. The van der Waals surface area contributed by atoms with Crippen molar-refractivity contribution in [1.82, 2.24) is 4.90 Å². The predicted octanol–water partition coefficient (Wildman–Crippen LogP) is 0.706. The van der Waals surface area contributed by atoms with Crippen molar-refractivity contribution in [3.63, 3.8) is 0 Å². The molecular formula is C14H19FN2O4S. The molecule has 0 bridgehead atoms. The van der Waals surface area contributed by atoms with Crippen LogP contribution in [0.3, 0.4) is 0 Å². The number of amides is 1. The monoisotopic (exact) mass is 330 g/mol. The number of hydrogen-bond acceptors (Lipinski definition) is 4. The molecule has 0 spiro atoms. The van der Waals surface area contributed by atoms with Gasteiger partial charge in [0.05, 0.1) is 16.1 Å². The van der Waals surface area contributed by atoms with Crippen LogP contribution in [0.2, 0.25) is 0 Å². The zero-order valence-electron chi connectivity index (χ0n) is 12.4. The quantitative estimate of drug-likeness (QED) is 0.834. The van der Waals surface area contributed by atoms with Gasteiger partial charge >= 0.3 is 0 Å². The lowest BCUT2D eigenvalue weighted by Gasteiger charge is -2.41. The molecule has 0 radical (unpaired) electrons. The predicted molar refractivity (Wildman–Crippen MR) is 78.1 cm³/mol. The molecule has 0 aromatic heterocycles. The molecule has 1 fully saturated rings. The molecule has 122 valence electrons. The van der Waals surface area contributed by atoms with E-state index >= 15 is 0 Å². The third-order valence-electron chi connectivity index (χ3n) is 4.23. The summed E-state index contributed by atoms with van der Waals surface area (Å²) in [5.41, 5.74) is -1.21. The minimum atomic E-state index is -4.01. The number of primary sulfonamides is 1. The summed E-state index contributed by atoms with van der Waals surface area (Å²) in [6, 6.07) is 2.88. The molecule has 1 amide bonds. The highest BCUT2D eigenvalue weighted by Gasteiger charge is 2.37. The van der Waals surface area contributed by atoms with Crippen LogP contribution in [-0.4, -0.2) is 43.0 Å². The minimum absolute atomic E-state index is 0.172. The Balaban J connectivity index is 2.31. The molecule has 1 aliphatic heterocycles. The highest BCUT2D eigenvalue weighted by Crippen LogP contribution is 2.28. The Labute approximate surface area is 128 Å². The third kappa shape index (κ3) is 3.29. The Morgan fingerprint density at radius 3 is 2.68 bits per heavy atom. The Kier molecular flexibility index (Phi) is 4.29. The molecule has 1 heterocycles. The van der Waals surface area contributed by atoms with Gasteiger partial charge in [-0.1, -0.05) is 6.92 Å². The van der Waals surface area contributed by atoms with E-state index in [2.05, 4.69) is 0 Å². The number of halogens is 1. The number of rotatable bonds is 2. The Hall–Kier alpha value is -1.51. The maximum atomic E-state index is 13.9. The molecule has 0 aliphatic carbocycles. The van der Waals surface area contributed by atoms with Gasteiger partial charge in [-0.25, -0.2) is 17.9 Å². The average molecular weight is 330 g/mol. The van der Waals surface area contributed by atoms with Crippen molar-refractivity contribution in [1.29, 1.82) is 0 Å². The first kappa shape index (κ1) is 16.9. The lowest BCUT2D eigenvalue weighted by atomic mass is 9.84. The molecule has 2 rings (SSSR count). The van der Waals surface area contributed by atoms with Crippen LogP contribution >= 0.6 is 0 Å². The van der Waals surface area contributed by atoms with Gasteiger partial charge < -0.3 is 10.0 Å². The second kappa shape index (κ2) is 5.60. The van der Waals surface area contributed by atoms with Crippen molar-refractivity contribution in [2.45, 2.75) is 30.8 Å². The summed E-state index contributed by atoms with van der Waals surface area (Å²) in [4.78, 5) is 13.5. The maximum Gasteiger partial charge on any atom is 0.256 e. The van der Waals surface area contributed by atoms with Crippen LogP contribution in [0.1, 0.15) is 30.6 Å². The molecule has 1 saturated heterocycles. The molecule has 0 saturated carbocycles. The van der Waals surface area contributed by atoms with Crippen molar-refractivity contribution < 1.29 is 22.7 Å². The van der Waals surface area contributed by atoms with Gasteiger partial charge in [0.2, 0.25) is 10.0 Å². The van der Waals surface area contributed by atoms with Crippen molar-refractivity contribution in [2.24, 2.45) is 11.1 Å². The van der Waals surface area contributed by atoms with E-state index < -0.39 is 27.3 Å². The number of benzene rings is 1. The lowest BCUT2D eigenvalue weighted by Crippen LogP contribution is -2.51. The Morgan fingerprint density at radius 2 is 2.14 bits per heavy atom. The summed E-state index contributed by atoms with van der Waals surface area (Å²) in [5, 5.41) is 15.1. The summed E-state index contributed by atoms with van der Waals surface area (Å²) < 4.78 is 36.5. The summed E-state index contributed by atoms with van der Waals surface area (Å²) in [5.74, 6) is -1.58. The van der Waals surface area contributed by atoms with Crippen LogP contribution in [0, 0.1) is 11.7 Å². The Bertz CT molecular complexity index is 703. The topological polar surface area (TPSA) is 101 Å². The van der Waals surface area contributed by atoms with E-state index in [4.69, 9.17) is 5.14 Å². The van der Waals surface area contributed by atoms with Crippen molar-refractivity contribution in [2.75, 3.05) is 13.1 Å². The standard InChI is InChI=1S/C14H19FN2O4S/c1-9-8-17(6-5-14(9,2)19)13(18)11-7-10(22(16,20)21)3-4-12(11)15/h3-4,7,9,19H,5-6,8H2,1-2H3,(H2,16,20,21)/t9-,14+/m1/s1. The fourth-order valence-corrected chi connectivity index (χ4v) is 2.97. The van der Waals surface area contributed by atoms with E-state index in [0.717, 1.165) is 18.2 Å². The first-order chi connectivity index (χ1) is 10.0. The fraction of sp³-hybridized carbons (Fsp3) is 0.500. The molecule has 6 nitrogen and oxygen atoms in total. The number of sulfonamides is 1. The van der Waals surface area contributed by atoms with Gasteiger partial charge in [-0.3, -0.25) is 4.79 Å². The van der Waals surface area contributed by atoms with Crippen LogP contribution in [0.4, 0.5) is 4.39 Å². The van der Waals surface area contributed by atoms with E-state index in [1.54, 1.807) is 13.8 Å². The van der Waals surface area contributed by atoms with E-state index in [0.29, 0.717) is 6.42 Å². The van der Waals surface area contributed by atoms with Gasteiger partial charge in [0.15, 0.2) is 0 Å². The first-order valence-electron chi connectivity index (χ1n) is 6.86. The van der Waals surface area contributed by atoms with E-state index in [-0.39, 0.29) is 29.5 Å². The number of hydrogen-bond donors (Lipinski definition) is 2. The van der Waals surface area contributed by atoms with Gasteiger partial charge in [-0.05, 0) is 31.5 Å². The summed E-state index contributed by atoms with van der Waals surface area (Å²) in [7, 11) is -4.01. The number of aliphatic hydroxyl groups is 1. The van der Waals surface area contributed by atoms with Crippen LogP contribution in [-0.2, 0) is 10.0 Å². The molecule has 0 unspecified atom stereocenters. The molecule has 1 aromatic carbocycles. The molecular weight excluding hydrogens is 311 g/mol. The molecule has 2 atom stereocenters. The van der Waals surface area contributed by atoms with Crippen LogP contribution in [0.15, 0.2) is 23.1 Å². The van der Waals surface area contributed by atoms with Crippen molar-refractivity contribution >= 4 is 15.9 Å². The summed E-state index contributed by atoms with van der Waals surface area (Å²) >= 11 is 0. The molecule has 1 aromatic rings. The SMILES string of the molecule is C[C@@H]1CN(C(=O)c2cc(S(N)(=O)=O)ccc2F)CC[C@]1(C)O. The highest BCUT2D eigenvalue weighted by molar-refractivity contribution is 7.89. The van der Waals surface area contributed by atoms with Crippen molar-refractivity contribution in [3.8, 4) is 0 Å². The largest absolute Gasteiger partial charge is 0.390 e. The fourth-order valence-electron chi connectivity index (χ4n) is 2.43. The smallest absolute Gasteiger partial charge is 0.256 e. The van der Waals surface area contributed by atoms with E-state index in [1.807, 2.05) is 0 Å². The number of carbonyl (C=O) groups excluding carboxylic acids is 1. The second-order valence-electron chi connectivity index (χ2n) is 5.95. The Morgan fingerprint density at radius 1 is 1.50 bits per heavy atom. The lowest BCUT2D eigenvalue weighted by molar-refractivity contribution is -0.0440. The average Bonchev–Trinajstić information content (AvgIpc) is 2.40. The number of carbonyl (C=O) groups is 1. The minimum Gasteiger partial charge on any atom is -0.390 e.